The van der Waals surface area contributed by atoms with Gasteiger partial charge in [0.15, 0.2) is 4.33 Å². The Hall–Kier alpha value is -0.630. The van der Waals surface area contributed by atoms with Crippen LogP contribution in [-0.2, 0) is 4.33 Å². The van der Waals surface area contributed by atoms with Gasteiger partial charge in [-0.2, -0.15) is 0 Å². The van der Waals surface area contributed by atoms with Gasteiger partial charge in [0.05, 0.1) is 0 Å². The van der Waals surface area contributed by atoms with Gasteiger partial charge in [0.25, 0.3) is 0 Å². The molecule has 0 spiro atoms. The molecule has 0 saturated carbocycles. The van der Waals surface area contributed by atoms with E-state index in [1.165, 1.54) is 0 Å². The van der Waals surface area contributed by atoms with Crippen molar-refractivity contribution in [1.29, 1.82) is 0 Å². The summed E-state index contributed by atoms with van der Waals surface area (Å²) in [6.45, 7) is 0. The molecule has 3 rings (SSSR count). The summed E-state index contributed by atoms with van der Waals surface area (Å²) in [4.78, 5) is 2.26. The van der Waals surface area contributed by atoms with Gasteiger partial charge >= 0.3 is 0 Å². The second-order valence-electron chi connectivity index (χ2n) is 3.67. The first-order valence-electron chi connectivity index (χ1n) is 4.94. The standard InChI is InChI=1S/C13H8Cl2S/c14-13(15)9-5-1-3-7-11(9)16-12-8-4-2-6-10(12)13/h1-8H. The molecule has 3 heteroatoms. The molecule has 0 saturated heterocycles. The van der Waals surface area contributed by atoms with Crippen molar-refractivity contribution in [3.8, 4) is 0 Å². The first-order chi connectivity index (χ1) is 7.69. The Bertz CT molecular complexity index is 502. The highest BCUT2D eigenvalue weighted by atomic mass is 35.5. The zero-order valence-corrected chi connectivity index (χ0v) is 10.6. The minimum Gasteiger partial charge on any atom is -0.0908 e. The summed E-state index contributed by atoms with van der Waals surface area (Å²) >= 11 is 14.7. The molecule has 2 aromatic carbocycles. The molecular weight excluding hydrogens is 259 g/mol. The molecule has 1 aliphatic heterocycles. The van der Waals surface area contributed by atoms with Crippen molar-refractivity contribution in [2.75, 3.05) is 0 Å². The van der Waals surface area contributed by atoms with E-state index >= 15 is 0 Å². The van der Waals surface area contributed by atoms with Gasteiger partial charge < -0.3 is 0 Å². The van der Waals surface area contributed by atoms with E-state index < -0.39 is 4.33 Å². The molecular formula is C13H8Cl2S. The Balaban J connectivity index is 2.28. The molecule has 16 heavy (non-hydrogen) atoms. The third-order valence-electron chi connectivity index (χ3n) is 2.67. The van der Waals surface area contributed by atoms with Crippen LogP contribution in [0.15, 0.2) is 58.3 Å². The van der Waals surface area contributed by atoms with Gasteiger partial charge in [-0.15, -0.1) is 0 Å². The molecule has 0 aliphatic carbocycles. The number of hydrogen-bond donors (Lipinski definition) is 0. The van der Waals surface area contributed by atoms with Gasteiger partial charge in [-0.3, -0.25) is 0 Å². The number of fused-ring (bicyclic) bond motifs is 2. The molecule has 0 N–H and O–H groups in total. The van der Waals surface area contributed by atoms with Gasteiger partial charge in [0.2, 0.25) is 0 Å². The van der Waals surface area contributed by atoms with Crippen LogP contribution in [-0.4, -0.2) is 0 Å². The second-order valence-corrected chi connectivity index (χ2v) is 6.08. The number of rotatable bonds is 0. The summed E-state index contributed by atoms with van der Waals surface area (Å²) < 4.78 is -0.932. The molecule has 2 aromatic rings. The Morgan fingerprint density at radius 1 is 0.750 bits per heavy atom. The molecule has 0 atom stereocenters. The molecule has 0 fully saturated rings. The van der Waals surface area contributed by atoms with Gasteiger partial charge in [0.1, 0.15) is 0 Å². The lowest BCUT2D eigenvalue weighted by atomic mass is 10.0. The zero-order chi connectivity index (χ0) is 11.2. The van der Waals surface area contributed by atoms with E-state index in [0.717, 1.165) is 20.9 Å². The van der Waals surface area contributed by atoms with Crippen LogP contribution >= 0.6 is 35.0 Å². The van der Waals surface area contributed by atoms with Gasteiger partial charge in [-0.05, 0) is 12.1 Å². The monoisotopic (exact) mass is 266 g/mol. The Morgan fingerprint density at radius 2 is 1.19 bits per heavy atom. The first kappa shape index (κ1) is 10.5. The highest BCUT2D eigenvalue weighted by Gasteiger charge is 2.37. The Kier molecular flexibility index (Phi) is 2.43. The Labute approximate surface area is 109 Å². The number of hydrogen-bond acceptors (Lipinski definition) is 1. The summed E-state index contributed by atoms with van der Waals surface area (Å²) in [5, 5.41) is 0. The lowest BCUT2D eigenvalue weighted by Crippen LogP contribution is -2.17. The summed E-state index contributed by atoms with van der Waals surface area (Å²) in [7, 11) is 0. The van der Waals surface area contributed by atoms with Crippen molar-refractivity contribution in [3.63, 3.8) is 0 Å². The average molecular weight is 267 g/mol. The smallest absolute Gasteiger partial charge is 0.0908 e. The number of halogens is 2. The predicted molar refractivity (Wildman–Crippen MR) is 69.5 cm³/mol. The number of benzene rings is 2. The van der Waals surface area contributed by atoms with Crippen LogP contribution in [0, 0.1) is 0 Å². The van der Waals surface area contributed by atoms with Crippen molar-refractivity contribution in [1.82, 2.24) is 0 Å². The third-order valence-corrected chi connectivity index (χ3v) is 4.64. The fraction of sp³-hybridized carbons (Fsp3) is 0.0769. The molecule has 80 valence electrons. The van der Waals surface area contributed by atoms with Crippen molar-refractivity contribution < 1.29 is 0 Å². The van der Waals surface area contributed by atoms with E-state index in [0.29, 0.717) is 0 Å². The minimum atomic E-state index is -0.932. The lowest BCUT2D eigenvalue weighted by Gasteiger charge is -2.29. The molecule has 0 unspecified atom stereocenters. The van der Waals surface area contributed by atoms with E-state index in [2.05, 4.69) is 12.1 Å². The molecule has 0 radical (unpaired) electrons. The van der Waals surface area contributed by atoms with Crippen molar-refractivity contribution in [2.24, 2.45) is 0 Å². The second kappa shape index (κ2) is 3.69. The predicted octanol–water partition coefficient (Wildman–Crippen LogP) is 4.83. The van der Waals surface area contributed by atoms with Crippen LogP contribution in [0.1, 0.15) is 11.1 Å². The first-order valence-corrected chi connectivity index (χ1v) is 6.51. The van der Waals surface area contributed by atoms with Gasteiger partial charge in [-0.25, -0.2) is 0 Å². The van der Waals surface area contributed by atoms with E-state index in [-0.39, 0.29) is 0 Å². The SMILES string of the molecule is ClC1(Cl)c2ccccc2Sc2ccccc21. The van der Waals surface area contributed by atoms with E-state index in [1.807, 2.05) is 36.4 Å². The highest BCUT2D eigenvalue weighted by Crippen LogP contribution is 2.53. The molecule has 1 aliphatic rings. The van der Waals surface area contributed by atoms with Gasteiger partial charge in [0, 0.05) is 20.9 Å². The average Bonchev–Trinajstić information content (AvgIpc) is 2.29. The topological polar surface area (TPSA) is 0 Å². The third kappa shape index (κ3) is 1.46. The molecule has 1 heterocycles. The van der Waals surface area contributed by atoms with Crippen LogP contribution < -0.4 is 0 Å². The maximum Gasteiger partial charge on any atom is 0.170 e. The molecule has 0 aromatic heterocycles. The summed E-state index contributed by atoms with van der Waals surface area (Å²) in [5.41, 5.74) is 1.95. The maximum atomic E-state index is 6.49. The van der Waals surface area contributed by atoms with Crippen molar-refractivity contribution >= 4 is 35.0 Å². The van der Waals surface area contributed by atoms with Crippen LogP contribution in [0.3, 0.4) is 0 Å². The van der Waals surface area contributed by atoms with Crippen molar-refractivity contribution in [2.45, 2.75) is 14.1 Å². The summed E-state index contributed by atoms with van der Waals surface area (Å²) in [6, 6.07) is 16.0. The zero-order valence-electron chi connectivity index (χ0n) is 8.28. The highest BCUT2D eigenvalue weighted by molar-refractivity contribution is 7.99. The van der Waals surface area contributed by atoms with E-state index in [1.54, 1.807) is 11.8 Å². The quantitative estimate of drug-likeness (QED) is 0.616. The van der Waals surface area contributed by atoms with Crippen LogP contribution in [0.4, 0.5) is 0 Å². The summed E-state index contributed by atoms with van der Waals surface area (Å²) in [5.74, 6) is 0. The Morgan fingerprint density at radius 3 is 1.69 bits per heavy atom. The largest absolute Gasteiger partial charge is 0.170 e. The molecule has 0 bridgehead atoms. The van der Waals surface area contributed by atoms with Crippen LogP contribution in [0.5, 0.6) is 0 Å². The van der Waals surface area contributed by atoms with Crippen LogP contribution in [0.25, 0.3) is 0 Å². The van der Waals surface area contributed by atoms with Crippen molar-refractivity contribution in [3.05, 3.63) is 59.7 Å². The molecule has 0 amide bonds. The normalized spacial score (nSPS) is 16.4. The fourth-order valence-corrected chi connectivity index (χ4v) is 3.97. The van der Waals surface area contributed by atoms with Gasteiger partial charge in [-0.1, -0.05) is 71.4 Å². The lowest BCUT2D eigenvalue weighted by molar-refractivity contribution is 0.941. The number of alkyl halides is 2. The molecule has 0 nitrogen and oxygen atoms in total. The van der Waals surface area contributed by atoms with E-state index in [9.17, 15) is 0 Å². The minimum absolute atomic E-state index is 0.932. The maximum absolute atomic E-state index is 6.49. The fourth-order valence-electron chi connectivity index (χ4n) is 1.89. The summed E-state index contributed by atoms with van der Waals surface area (Å²) in [6.07, 6.45) is 0. The van der Waals surface area contributed by atoms with Crippen LogP contribution in [0.2, 0.25) is 0 Å². The van der Waals surface area contributed by atoms with E-state index in [4.69, 9.17) is 23.2 Å².